The number of carbonyl (C=O) groups is 2. The van der Waals surface area contributed by atoms with Crippen LogP contribution in [0.25, 0.3) is 0 Å². The number of nitrogens with one attached hydrogen (secondary N) is 2. The van der Waals surface area contributed by atoms with E-state index in [1.165, 1.54) is 103 Å². The topological polar surface area (TPSA) is 98.7 Å². The molecule has 0 saturated heterocycles. The Kier molecular flexibility index (Phi) is 28.5. The molecule has 2 amide bonds. The molecule has 2 aromatic rings. The fourth-order valence-corrected chi connectivity index (χ4v) is 5.76. The number of unbranched alkanes of at least 4 members (excludes halogenated alkanes) is 16. The van der Waals surface area contributed by atoms with Crippen molar-refractivity contribution in [2.75, 3.05) is 10.6 Å². The molecule has 0 spiro atoms. The van der Waals surface area contributed by atoms with E-state index in [0.717, 1.165) is 37.1 Å². The van der Waals surface area contributed by atoms with Crippen molar-refractivity contribution < 1.29 is 19.8 Å². The van der Waals surface area contributed by atoms with Gasteiger partial charge in [-0.3, -0.25) is 9.59 Å². The summed E-state index contributed by atoms with van der Waals surface area (Å²) in [6.45, 7) is 4.48. The third-order valence-corrected chi connectivity index (χ3v) is 8.81. The molecule has 2 aromatic carbocycles. The molecule has 0 fully saturated rings. The van der Waals surface area contributed by atoms with E-state index in [1.54, 1.807) is 0 Å². The van der Waals surface area contributed by atoms with Gasteiger partial charge in [-0.2, -0.15) is 0 Å². The minimum Gasteiger partial charge on any atom is -0.393 e. The highest BCUT2D eigenvalue weighted by atomic mass is 16.3. The van der Waals surface area contributed by atoms with Crippen molar-refractivity contribution in [1.82, 2.24) is 0 Å². The molecule has 6 heteroatoms. The van der Waals surface area contributed by atoms with Crippen LogP contribution in [0.1, 0.15) is 168 Å². The first-order valence-corrected chi connectivity index (χ1v) is 19.5. The molecule has 48 heavy (non-hydrogen) atoms. The van der Waals surface area contributed by atoms with Crippen LogP contribution in [0.2, 0.25) is 0 Å². The zero-order valence-corrected chi connectivity index (χ0v) is 30.6. The van der Waals surface area contributed by atoms with Crippen LogP contribution in [0.3, 0.4) is 0 Å². The number of para-hydroxylation sites is 2. The number of amides is 2. The zero-order valence-electron chi connectivity index (χ0n) is 30.6. The minimum absolute atomic E-state index is 0.0186. The van der Waals surface area contributed by atoms with Crippen molar-refractivity contribution >= 4 is 23.2 Å². The highest BCUT2D eigenvalue weighted by Gasteiger charge is 2.09. The Morgan fingerprint density at radius 3 is 1.06 bits per heavy atom. The monoisotopic (exact) mass is 667 g/mol. The predicted molar refractivity (Wildman–Crippen MR) is 204 cm³/mol. The second-order valence-corrected chi connectivity index (χ2v) is 13.4. The van der Waals surface area contributed by atoms with Crippen LogP contribution >= 0.6 is 0 Å². The van der Waals surface area contributed by atoms with Crippen LogP contribution in [-0.4, -0.2) is 34.2 Å². The summed E-state index contributed by atoms with van der Waals surface area (Å²) >= 11 is 0. The van der Waals surface area contributed by atoms with E-state index < -0.39 is 0 Å². The highest BCUT2D eigenvalue weighted by Crippen LogP contribution is 2.15. The molecule has 272 valence electrons. The fourth-order valence-electron chi connectivity index (χ4n) is 5.76. The summed E-state index contributed by atoms with van der Waals surface area (Å²) in [5.41, 5.74) is 1.63. The minimum atomic E-state index is -0.352. The van der Waals surface area contributed by atoms with Gasteiger partial charge in [-0.15, -0.1) is 0 Å². The van der Waals surface area contributed by atoms with E-state index in [-0.39, 0.29) is 24.0 Å². The van der Waals surface area contributed by atoms with Gasteiger partial charge in [0.1, 0.15) is 0 Å². The predicted octanol–water partition coefficient (Wildman–Crippen LogP) is 11.4. The third-order valence-electron chi connectivity index (χ3n) is 8.81. The Morgan fingerprint density at radius 2 is 0.750 bits per heavy atom. The summed E-state index contributed by atoms with van der Waals surface area (Å²) in [6.07, 6.45) is 26.1. The SMILES string of the molecule is CCCCCCCCC(O)CCC(=O)Nc1ccccc1.CCCCCCCCCCCCCCC(O)CCC(=O)Nc1ccccc1. The van der Waals surface area contributed by atoms with Crippen molar-refractivity contribution in [3.63, 3.8) is 0 Å². The first kappa shape index (κ1) is 43.3. The lowest BCUT2D eigenvalue weighted by molar-refractivity contribution is -0.117. The largest absolute Gasteiger partial charge is 0.393 e. The van der Waals surface area contributed by atoms with Crippen molar-refractivity contribution in [2.24, 2.45) is 0 Å². The second kappa shape index (κ2) is 31.6. The van der Waals surface area contributed by atoms with Gasteiger partial charge in [0, 0.05) is 24.2 Å². The molecule has 4 N–H and O–H groups in total. The van der Waals surface area contributed by atoms with Gasteiger partial charge in [-0.25, -0.2) is 0 Å². The molecule has 0 aliphatic rings. The van der Waals surface area contributed by atoms with Gasteiger partial charge in [0.2, 0.25) is 11.8 Å². The lowest BCUT2D eigenvalue weighted by atomic mass is 10.0. The van der Waals surface area contributed by atoms with Crippen LogP contribution in [0.5, 0.6) is 0 Å². The number of rotatable bonds is 28. The summed E-state index contributed by atoms with van der Waals surface area (Å²) in [6, 6.07) is 18.9. The zero-order chi connectivity index (χ0) is 34.9. The number of carbonyl (C=O) groups excluding carboxylic acids is 2. The summed E-state index contributed by atoms with van der Waals surface area (Å²) in [5.74, 6) is -0.0434. The molecule has 6 nitrogen and oxygen atoms in total. The molecule has 2 unspecified atom stereocenters. The molecule has 2 rings (SSSR count). The Bertz CT molecular complexity index is 1000. The summed E-state index contributed by atoms with van der Waals surface area (Å²) in [4.78, 5) is 23.6. The number of aliphatic hydroxyl groups is 2. The lowest BCUT2D eigenvalue weighted by Gasteiger charge is -2.10. The van der Waals surface area contributed by atoms with Crippen LogP contribution in [0.4, 0.5) is 11.4 Å². The van der Waals surface area contributed by atoms with Gasteiger partial charge >= 0.3 is 0 Å². The number of aliphatic hydroxyl groups excluding tert-OH is 2. The number of hydrogen-bond donors (Lipinski definition) is 4. The van der Waals surface area contributed by atoms with Gasteiger partial charge in [-0.1, -0.05) is 166 Å². The normalized spacial score (nSPS) is 12.1. The summed E-state index contributed by atoms with van der Waals surface area (Å²) in [7, 11) is 0. The first-order valence-electron chi connectivity index (χ1n) is 19.5. The summed E-state index contributed by atoms with van der Waals surface area (Å²) in [5, 5.41) is 25.6. The number of benzene rings is 2. The maximum Gasteiger partial charge on any atom is 0.224 e. The van der Waals surface area contributed by atoms with E-state index in [0.29, 0.717) is 25.7 Å². The first-order chi connectivity index (χ1) is 23.4. The Morgan fingerprint density at radius 1 is 0.458 bits per heavy atom. The van der Waals surface area contributed by atoms with Crippen molar-refractivity contribution in [2.45, 2.75) is 180 Å². The lowest BCUT2D eigenvalue weighted by Crippen LogP contribution is -2.15. The van der Waals surface area contributed by atoms with Gasteiger partial charge in [0.05, 0.1) is 12.2 Å². The van der Waals surface area contributed by atoms with Gasteiger partial charge in [-0.05, 0) is 49.9 Å². The molecule has 0 aliphatic carbocycles. The highest BCUT2D eigenvalue weighted by molar-refractivity contribution is 5.91. The van der Waals surface area contributed by atoms with E-state index in [2.05, 4.69) is 24.5 Å². The second-order valence-electron chi connectivity index (χ2n) is 13.4. The molecule has 0 aliphatic heterocycles. The summed E-state index contributed by atoms with van der Waals surface area (Å²) < 4.78 is 0. The Labute approximate surface area is 293 Å². The molecular formula is C42H70N2O4. The standard InChI is InChI=1S/C24H41NO2.C18H29NO2/c1-2-3-4-5-6-7-8-9-10-11-12-16-19-23(26)20-21-24(27)25-22-17-14-13-15-18-22;1-2-3-4-5-6-10-13-17(20)14-15-18(21)19-16-11-8-7-9-12-16/h13-15,17-18,23,26H,2-12,16,19-21H2,1H3,(H,25,27);7-9,11-12,17,20H,2-6,10,13-15H2,1H3,(H,19,21). The van der Waals surface area contributed by atoms with Gasteiger partial charge in [0.25, 0.3) is 0 Å². The van der Waals surface area contributed by atoms with Crippen LogP contribution in [-0.2, 0) is 9.59 Å². The molecule has 2 atom stereocenters. The van der Waals surface area contributed by atoms with Crippen molar-refractivity contribution in [1.29, 1.82) is 0 Å². The van der Waals surface area contributed by atoms with E-state index in [9.17, 15) is 19.8 Å². The van der Waals surface area contributed by atoms with Crippen LogP contribution in [0, 0.1) is 0 Å². The van der Waals surface area contributed by atoms with Gasteiger partial charge in [0.15, 0.2) is 0 Å². The van der Waals surface area contributed by atoms with E-state index in [4.69, 9.17) is 0 Å². The molecule has 0 saturated carbocycles. The van der Waals surface area contributed by atoms with Crippen molar-refractivity contribution in [3.05, 3.63) is 60.7 Å². The Balaban J connectivity index is 0.000000495. The smallest absolute Gasteiger partial charge is 0.224 e. The van der Waals surface area contributed by atoms with Crippen molar-refractivity contribution in [3.8, 4) is 0 Å². The average molecular weight is 667 g/mol. The number of hydrogen-bond acceptors (Lipinski definition) is 4. The average Bonchev–Trinajstić information content (AvgIpc) is 3.09. The maximum absolute atomic E-state index is 11.9. The fraction of sp³-hybridized carbons (Fsp3) is 0.667. The third kappa shape index (κ3) is 27.3. The van der Waals surface area contributed by atoms with Crippen LogP contribution in [0.15, 0.2) is 60.7 Å². The van der Waals surface area contributed by atoms with Gasteiger partial charge < -0.3 is 20.8 Å². The molecule has 0 bridgehead atoms. The maximum atomic E-state index is 11.9. The molecule has 0 radical (unpaired) electrons. The quantitative estimate of drug-likeness (QED) is 0.0679. The Hall–Kier alpha value is -2.70. The van der Waals surface area contributed by atoms with Crippen LogP contribution < -0.4 is 10.6 Å². The number of anilines is 2. The van der Waals surface area contributed by atoms with E-state index in [1.807, 2.05) is 60.7 Å². The molecule has 0 heterocycles. The van der Waals surface area contributed by atoms with E-state index >= 15 is 0 Å². The molecule has 0 aromatic heterocycles. The molecular weight excluding hydrogens is 596 g/mol.